The van der Waals surface area contributed by atoms with Gasteiger partial charge in [0.05, 0.1) is 24.4 Å². The van der Waals surface area contributed by atoms with E-state index in [1.807, 2.05) is 4.57 Å². The van der Waals surface area contributed by atoms with E-state index in [2.05, 4.69) is 4.98 Å². The zero-order chi connectivity index (χ0) is 23.4. The third-order valence-electron chi connectivity index (χ3n) is 6.24. The van der Waals surface area contributed by atoms with Gasteiger partial charge in [-0.15, -0.1) is 0 Å². The van der Waals surface area contributed by atoms with Crippen LogP contribution in [0.15, 0.2) is 23.1 Å². The highest BCUT2D eigenvalue weighted by atomic mass is 35.5. The Kier molecular flexibility index (Phi) is 7.24. The molecule has 2 aliphatic rings. The molecular formula is C24H29ClN2O6. The second-order valence-electron chi connectivity index (χ2n) is 8.42. The predicted octanol–water partition coefficient (Wildman–Crippen LogP) is 4.21. The lowest BCUT2D eigenvalue weighted by Crippen LogP contribution is -2.42. The van der Waals surface area contributed by atoms with Crippen LogP contribution < -0.4 is 14.9 Å². The predicted molar refractivity (Wildman–Crippen MR) is 123 cm³/mol. The van der Waals surface area contributed by atoms with Crippen molar-refractivity contribution in [3.05, 3.63) is 39.3 Å². The Bertz CT molecular complexity index is 1080. The van der Waals surface area contributed by atoms with Gasteiger partial charge < -0.3 is 23.5 Å². The van der Waals surface area contributed by atoms with E-state index in [-0.39, 0.29) is 17.3 Å². The molecule has 4 rings (SSSR count). The lowest BCUT2D eigenvalue weighted by atomic mass is 9.81. The smallest absolute Gasteiger partial charge is 0.343 e. The zero-order valence-electron chi connectivity index (χ0n) is 19.0. The van der Waals surface area contributed by atoms with Gasteiger partial charge in [-0.3, -0.25) is 4.79 Å². The van der Waals surface area contributed by atoms with Gasteiger partial charge in [-0.2, -0.15) is 0 Å². The molecule has 0 amide bonds. The normalized spacial score (nSPS) is 16.3. The minimum atomic E-state index is -0.625. The van der Waals surface area contributed by atoms with Gasteiger partial charge >= 0.3 is 5.97 Å². The molecule has 33 heavy (non-hydrogen) atoms. The van der Waals surface area contributed by atoms with E-state index in [4.69, 9.17) is 30.5 Å². The van der Waals surface area contributed by atoms with Crippen LogP contribution in [-0.4, -0.2) is 49.1 Å². The molecular weight excluding hydrogens is 448 g/mol. The molecule has 1 spiro atoms. The summed E-state index contributed by atoms with van der Waals surface area (Å²) in [7, 11) is 1.64. The van der Waals surface area contributed by atoms with Crippen LogP contribution in [0.4, 0.5) is 0 Å². The van der Waals surface area contributed by atoms with Crippen LogP contribution in [-0.2, 0) is 15.0 Å². The molecule has 0 saturated heterocycles. The average molecular weight is 477 g/mol. The molecule has 0 bridgehead atoms. The summed E-state index contributed by atoms with van der Waals surface area (Å²) in [6.45, 7) is 3.31. The highest BCUT2D eigenvalue weighted by Gasteiger charge is 2.40. The molecule has 1 saturated carbocycles. The fourth-order valence-electron chi connectivity index (χ4n) is 4.58. The molecule has 0 N–H and O–H groups in total. The van der Waals surface area contributed by atoms with Crippen molar-refractivity contribution >= 4 is 17.6 Å². The second kappa shape index (κ2) is 10.1. The maximum absolute atomic E-state index is 12.9. The highest BCUT2D eigenvalue weighted by molar-refractivity contribution is 6.31. The Hall–Kier alpha value is -2.58. The Morgan fingerprint density at radius 1 is 1.24 bits per heavy atom. The van der Waals surface area contributed by atoms with Gasteiger partial charge in [0.25, 0.3) is 0 Å². The van der Waals surface area contributed by atoms with Crippen molar-refractivity contribution in [3.8, 4) is 22.9 Å². The number of aromatic nitrogens is 2. The first-order chi connectivity index (χ1) is 16.0. The monoisotopic (exact) mass is 476 g/mol. The molecule has 2 aromatic heterocycles. The summed E-state index contributed by atoms with van der Waals surface area (Å²) in [6.07, 6.45) is 7.26. The van der Waals surface area contributed by atoms with Crippen LogP contribution in [0.1, 0.15) is 55.8 Å². The lowest BCUT2D eigenvalue weighted by Gasteiger charge is -2.39. The van der Waals surface area contributed by atoms with E-state index in [1.54, 1.807) is 26.3 Å². The number of halogens is 1. The lowest BCUT2D eigenvalue weighted by molar-refractivity contribution is 0.0521. The van der Waals surface area contributed by atoms with Crippen LogP contribution in [0.25, 0.3) is 11.4 Å². The molecule has 1 aliphatic carbocycles. The summed E-state index contributed by atoms with van der Waals surface area (Å²) in [6, 6.07) is 3.17. The average Bonchev–Trinajstić information content (AvgIpc) is 2.92. The fourth-order valence-corrected chi connectivity index (χ4v) is 4.78. The minimum absolute atomic E-state index is 0.0122. The van der Waals surface area contributed by atoms with E-state index in [9.17, 15) is 9.59 Å². The molecule has 3 heterocycles. The van der Waals surface area contributed by atoms with E-state index in [0.717, 1.165) is 32.1 Å². The van der Waals surface area contributed by atoms with E-state index >= 15 is 0 Å². The Morgan fingerprint density at radius 3 is 2.76 bits per heavy atom. The molecule has 8 nitrogen and oxygen atoms in total. The largest absolute Gasteiger partial charge is 0.490 e. The fraction of sp³-hybridized carbons (Fsp3) is 0.542. The summed E-state index contributed by atoms with van der Waals surface area (Å²) in [5.74, 6) is 0.295. The summed E-state index contributed by atoms with van der Waals surface area (Å²) in [5.41, 5.74) is 0.235. The van der Waals surface area contributed by atoms with E-state index in [0.29, 0.717) is 49.1 Å². The van der Waals surface area contributed by atoms with Crippen LogP contribution >= 0.6 is 11.6 Å². The number of fused-ring (bicyclic) bond motifs is 4. The van der Waals surface area contributed by atoms with Gasteiger partial charge in [0, 0.05) is 38.5 Å². The maximum atomic E-state index is 12.9. The van der Waals surface area contributed by atoms with Crippen molar-refractivity contribution < 1.29 is 23.7 Å². The van der Waals surface area contributed by atoms with Crippen LogP contribution in [0.5, 0.6) is 11.5 Å². The summed E-state index contributed by atoms with van der Waals surface area (Å²) >= 11 is 6.45. The van der Waals surface area contributed by atoms with Gasteiger partial charge in [-0.1, -0.05) is 30.9 Å². The van der Waals surface area contributed by atoms with Crippen molar-refractivity contribution in [2.24, 2.45) is 0 Å². The number of hydrogen-bond donors (Lipinski definition) is 0. The van der Waals surface area contributed by atoms with Crippen LogP contribution in [0.3, 0.4) is 0 Å². The van der Waals surface area contributed by atoms with Gasteiger partial charge in [0.1, 0.15) is 17.9 Å². The Labute approximate surface area is 197 Å². The Balaban J connectivity index is 1.81. The van der Waals surface area contributed by atoms with Crippen LogP contribution in [0.2, 0.25) is 5.15 Å². The SMILES string of the molecule is CCOC(=O)c1cn2c(cc1=O)-c1nc(Cl)c(OCCCOC)cc1OCC21CCCCC1. The number of ether oxygens (including phenoxy) is 4. The molecule has 1 fully saturated rings. The minimum Gasteiger partial charge on any atom is -0.490 e. The molecule has 1 aliphatic heterocycles. The molecule has 0 aromatic carbocycles. The van der Waals surface area contributed by atoms with E-state index in [1.165, 1.54) is 6.07 Å². The van der Waals surface area contributed by atoms with Crippen LogP contribution in [0, 0.1) is 0 Å². The number of hydrogen-bond acceptors (Lipinski definition) is 7. The number of pyridine rings is 2. The Morgan fingerprint density at radius 2 is 2.03 bits per heavy atom. The highest BCUT2D eigenvalue weighted by Crippen LogP contribution is 2.44. The number of methoxy groups -OCH3 is 1. The number of nitrogens with zero attached hydrogens (tertiary/aromatic N) is 2. The number of carbonyl (C=O) groups excluding carboxylic acids is 1. The molecule has 178 valence electrons. The summed E-state index contributed by atoms with van der Waals surface area (Å²) in [5, 5.41) is 0.183. The molecule has 9 heteroatoms. The summed E-state index contributed by atoms with van der Waals surface area (Å²) < 4.78 is 24.2. The first-order valence-corrected chi connectivity index (χ1v) is 11.8. The molecule has 0 radical (unpaired) electrons. The van der Waals surface area contributed by atoms with Crippen molar-refractivity contribution in [1.82, 2.24) is 9.55 Å². The standard InChI is InChI=1S/C24H29ClN2O6/c1-3-31-23(29)16-14-27-17(12-18(16)28)21-19(33-15-24(27)8-5-4-6-9-24)13-20(22(25)26-21)32-11-7-10-30-2/h12-14H,3-11,15H2,1-2H3. The van der Waals surface area contributed by atoms with Crippen molar-refractivity contribution in [2.75, 3.05) is 33.5 Å². The van der Waals surface area contributed by atoms with Gasteiger partial charge in [0.2, 0.25) is 0 Å². The molecule has 0 unspecified atom stereocenters. The third-order valence-corrected chi connectivity index (χ3v) is 6.51. The first-order valence-electron chi connectivity index (χ1n) is 11.4. The van der Waals surface area contributed by atoms with Gasteiger partial charge in [-0.25, -0.2) is 9.78 Å². The summed E-state index contributed by atoms with van der Waals surface area (Å²) in [4.78, 5) is 29.9. The molecule has 0 atom stereocenters. The van der Waals surface area contributed by atoms with E-state index < -0.39 is 16.9 Å². The zero-order valence-corrected chi connectivity index (χ0v) is 19.8. The third kappa shape index (κ3) is 4.73. The van der Waals surface area contributed by atoms with Crippen molar-refractivity contribution in [2.45, 2.75) is 51.0 Å². The molecule has 2 aromatic rings. The quantitative estimate of drug-likeness (QED) is 0.336. The van der Waals surface area contributed by atoms with Gasteiger partial charge in [-0.05, 0) is 19.8 Å². The topological polar surface area (TPSA) is 88.9 Å². The number of rotatable bonds is 7. The van der Waals surface area contributed by atoms with Gasteiger partial charge in [0.15, 0.2) is 22.1 Å². The van der Waals surface area contributed by atoms with Crippen molar-refractivity contribution in [1.29, 1.82) is 0 Å². The first kappa shape index (κ1) is 23.6. The number of carbonyl (C=O) groups is 1. The van der Waals surface area contributed by atoms with Crippen molar-refractivity contribution in [3.63, 3.8) is 0 Å². The maximum Gasteiger partial charge on any atom is 0.343 e. The second-order valence-corrected chi connectivity index (χ2v) is 8.78. The number of esters is 1.